The lowest BCUT2D eigenvalue weighted by Gasteiger charge is -2.59. The van der Waals surface area contributed by atoms with Gasteiger partial charge in [0.25, 0.3) is 0 Å². The minimum Gasteiger partial charge on any atom is -0.355 e. The summed E-state index contributed by atoms with van der Waals surface area (Å²) >= 11 is 3.92. The largest absolute Gasteiger partial charge is 0.355 e. The molecule has 2 atom stereocenters. The van der Waals surface area contributed by atoms with Gasteiger partial charge in [-0.15, -0.1) is 0 Å². The molecule has 4 aliphatic rings. The van der Waals surface area contributed by atoms with Gasteiger partial charge >= 0.3 is 0 Å². The average molecular weight is 398 g/mol. The van der Waals surface area contributed by atoms with Crippen molar-refractivity contribution < 1.29 is 13.6 Å². The first-order valence-electron chi connectivity index (χ1n) is 8.78. The van der Waals surface area contributed by atoms with Crippen LogP contribution in [0.3, 0.4) is 0 Å². The molecular weight excluding hydrogens is 376 g/mol. The maximum Gasteiger partial charge on any atom is 0.226 e. The monoisotopic (exact) mass is 397 g/mol. The van der Waals surface area contributed by atoms with Crippen molar-refractivity contribution in [2.24, 2.45) is 17.3 Å². The molecule has 1 amide bonds. The Hall–Kier alpha value is -0.970. The van der Waals surface area contributed by atoms with Crippen molar-refractivity contribution in [2.75, 3.05) is 6.54 Å². The van der Waals surface area contributed by atoms with Crippen molar-refractivity contribution in [3.8, 4) is 0 Å². The number of carbonyl (C=O) groups is 1. The van der Waals surface area contributed by atoms with E-state index < -0.39 is 11.6 Å². The predicted molar refractivity (Wildman–Crippen MR) is 91.8 cm³/mol. The highest BCUT2D eigenvalue weighted by atomic mass is 79.9. The maximum atomic E-state index is 13.2. The van der Waals surface area contributed by atoms with Crippen LogP contribution in [0.2, 0.25) is 0 Å². The van der Waals surface area contributed by atoms with Crippen molar-refractivity contribution in [1.82, 2.24) is 5.32 Å². The quantitative estimate of drug-likeness (QED) is 0.751. The molecule has 0 aliphatic heterocycles. The van der Waals surface area contributed by atoms with Crippen molar-refractivity contribution in [1.29, 1.82) is 0 Å². The third-order valence-electron chi connectivity index (χ3n) is 6.09. The minimum atomic E-state index is -0.571. The van der Waals surface area contributed by atoms with Crippen LogP contribution < -0.4 is 5.32 Å². The zero-order valence-electron chi connectivity index (χ0n) is 13.6. The van der Waals surface area contributed by atoms with Crippen LogP contribution in [-0.4, -0.2) is 16.8 Å². The molecule has 0 heterocycles. The van der Waals surface area contributed by atoms with Crippen molar-refractivity contribution in [3.05, 3.63) is 35.4 Å². The Morgan fingerprint density at radius 2 is 1.75 bits per heavy atom. The van der Waals surface area contributed by atoms with Crippen LogP contribution in [0.4, 0.5) is 8.78 Å². The van der Waals surface area contributed by atoms with Crippen LogP contribution in [0, 0.1) is 28.9 Å². The van der Waals surface area contributed by atoms with Gasteiger partial charge in [0.15, 0.2) is 0 Å². The summed E-state index contributed by atoms with van der Waals surface area (Å²) in [6, 6.07) is 3.52. The van der Waals surface area contributed by atoms with Crippen LogP contribution in [-0.2, 0) is 11.2 Å². The highest BCUT2D eigenvalue weighted by Crippen LogP contribution is 2.64. The van der Waals surface area contributed by atoms with Crippen molar-refractivity contribution >= 4 is 21.8 Å². The van der Waals surface area contributed by atoms with E-state index in [0.29, 0.717) is 30.4 Å². The van der Waals surface area contributed by atoms with Gasteiger partial charge in [-0.1, -0.05) is 15.9 Å². The Morgan fingerprint density at radius 3 is 2.33 bits per heavy atom. The van der Waals surface area contributed by atoms with E-state index in [2.05, 4.69) is 21.2 Å². The summed E-state index contributed by atoms with van der Waals surface area (Å²) in [6.07, 6.45) is 7.03. The van der Waals surface area contributed by atoms with Crippen LogP contribution in [0.1, 0.15) is 44.1 Å². The topological polar surface area (TPSA) is 29.1 Å². The Kier molecular flexibility index (Phi) is 3.98. The molecule has 0 spiro atoms. The molecule has 2 unspecified atom stereocenters. The van der Waals surface area contributed by atoms with E-state index >= 15 is 0 Å². The smallest absolute Gasteiger partial charge is 0.226 e. The molecule has 4 bridgehead atoms. The number of hydrogen-bond acceptors (Lipinski definition) is 1. The molecule has 4 fully saturated rings. The Balaban J connectivity index is 1.40. The third kappa shape index (κ3) is 3.00. The predicted octanol–water partition coefficient (Wildman–Crippen LogP) is 4.36. The molecule has 5 heteroatoms. The second-order valence-electron chi connectivity index (χ2n) is 8.18. The van der Waals surface area contributed by atoms with Gasteiger partial charge < -0.3 is 5.32 Å². The normalized spacial score (nSPS) is 36.8. The van der Waals surface area contributed by atoms with Gasteiger partial charge in [-0.25, -0.2) is 8.78 Å². The second-order valence-corrected chi connectivity index (χ2v) is 9.86. The standard InChI is InChI=1S/C19H22BrF2NO/c20-19-9-13-3-14(10-19)8-18(7-13,11-19)17(24)23-2-1-12-4-15(21)6-16(22)5-12/h4-6,13-14H,1-3,7-11H2,(H,23,24). The molecule has 1 N–H and O–H groups in total. The Morgan fingerprint density at radius 1 is 1.12 bits per heavy atom. The van der Waals surface area contributed by atoms with Crippen molar-refractivity contribution in [2.45, 2.75) is 49.3 Å². The number of halogens is 3. The molecule has 130 valence electrons. The minimum absolute atomic E-state index is 0.136. The summed E-state index contributed by atoms with van der Waals surface area (Å²) < 4.78 is 26.6. The highest BCUT2D eigenvalue weighted by molar-refractivity contribution is 9.10. The molecule has 1 aromatic rings. The summed E-state index contributed by atoms with van der Waals surface area (Å²) in [5.74, 6) is 0.317. The molecule has 4 saturated carbocycles. The van der Waals surface area contributed by atoms with E-state index in [9.17, 15) is 13.6 Å². The highest BCUT2D eigenvalue weighted by Gasteiger charge is 2.59. The molecule has 0 aromatic heterocycles. The lowest BCUT2D eigenvalue weighted by atomic mass is 9.49. The number of alkyl halides is 1. The van der Waals surface area contributed by atoms with Gasteiger partial charge in [0, 0.05) is 16.9 Å². The molecule has 0 saturated heterocycles. The van der Waals surface area contributed by atoms with Gasteiger partial charge in [0.1, 0.15) is 11.6 Å². The lowest BCUT2D eigenvalue weighted by Crippen LogP contribution is -2.58. The summed E-state index contributed by atoms with van der Waals surface area (Å²) in [5, 5.41) is 3.04. The fourth-order valence-electron chi connectivity index (χ4n) is 5.68. The van der Waals surface area contributed by atoms with Crippen LogP contribution in [0.25, 0.3) is 0 Å². The number of hydrogen-bond donors (Lipinski definition) is 1. The van der Waals surface area contributed by atoms with E-state index in [1.165, 1.54) is 31.4 Å². The number of amides is 1. The molecule has 0 radical (unpaired) electrons. The zero-order chi connectivity index (χ0) is 16.9. The summed E-state index contributed by atoms with van der Waals surface area (Å²) in [7, 11) is 0. The zero-order valence-corrected chi connectivity index (χ0v) is 15.2. The average Bonchev–Trinajstić information content (AvgIpc) is 2.43. The van der Waals surface area contributed by atoms with Crippen LogP contribution in [0.5, 0.6) is 0 Å². The molecule has 5 rings (SSSR count). The first-order chi connectivity index (χ1) is 11.4. The molecule has 24 heavy (non-hydrogen) atoms. The Bertz CT molecular complexity index is 643. The van der Waals surface area contributed by atoms with Crippen molar-refractivity contribution in [3.63, 3.8) is 0 Å². The molecule has 1 aromatic carbocycles. The van der Waals surface area contributed by atoms with Gasteiger partial charge in [0.05, 0.1) is 5.41 Å². The summed E-state index contributed by atoms with van der Waals surface area (Å²) in [4.78, 5) is 12.9. The summed E-state index contributed by atoms with van der Waals surface area (Å²) in [5.41, 5.74) is 0.344. The Labute approximate surface area is 149 Å². The van der Waals surface area contributed by atoms with Gasteiger partial charge in [0.2, 0.25) is 5.91 Å². The van der Waals surface area contributed by atoms with Crippen LogP contribution >= 0.6 is 15.9 Å². The lowest BCUT2D eigenvalue weighted by molar-refractivity contribution is -0.143. The molecule has 4 aliphatic carbocycles. The third-order valence-corrected chi connectivity index (χ3v) is 7.02. The van der Waals surface area contributed by atoms with Crippen LogP contribution in [0.15, 0.2) is 18.2 Å². The van der Waals surface area contributed by atoms with E-state index in [4.69, 9.17) is 0 Å². The van der Waals surface area contributed by atoms with Gasteiger partial charge in [-0.2, -0.15) is 0 Å². The number of benzene rings is 1. The van der Waals surface area contributed by atoms with E-state index in [0.717, 1.165) is 25.3 Å². The van der Waals surface area contributed by atoms with E-state index in [1.807, 2.05) is 0 Å². The fraction of sp³-hybridized carbons (Fsp3) is 0.632. The molecule has 2 nitrogen and oxygen atoms in total. The first kappa shape index (κ1) is 16.5. The summed E-state index contributed by atoms with van der Waals surface area (Å²) in [6.45, 7) is 0.425. The molecular formula is C19H22BrF2NO. The first-order valence-corrected chi connectivity index (χ1v) is 9.57. The number of carbonyl (C=O) groups excluding carboxylic acids is 1. The van der Waals surface area contributed by atoms with Gasteiger partial charge in [-0.05, 0) is 74.5 Å². The SMILES string of the molecule is O=C(NCCc1cc(F)cc(F)c1)C12CC3CC(CC(Br)(C3)C1)C2. The number of nitrogens with one attached hydrogen (secondary N) is 1. The van der Waals surface area contributed by atoms with Gasteiger partial charge in [-0.3, -0.25) is 4.79 Å². The van der Waals surface area contributed by atoms with E-state index in [1.54, 1.807) is 0 Å². The van der Waals surface area contributed by atoms with E-state index in [-0.39, 0.29) is 15.6 Å². The number of rotatable bonds is 4. The fourth-order valence-corrected chi connectivity index (χ4v) is 7.13. The second kappa shape index (κ2) is 5.79. The maximum absolute atomic E-state index is 13.2.